The van der Waals surface area contributed by atoms with Crippen molar-refractivity contribution < 1.29 is 14.6 Å². The summed E-state index contributed by atoms with van der Waals surface area (Å²) < 4.78 is 5.68. The van der Waals surface area contributed by atoms with Gasteiger partial charge in [-0.2, -0.15) is 0 Å². The van der Waals surface area contributed by atoms with Gasteiger partial charge in [-0.15, -0.1) is 0 Å². The summed E-state index contributed by atoms with van der Waals surface area (Å²) in [6, 6.07) is 12.0. The molecule has 0 aromatic heterocycles. The molecule has 1 heterocycles. The first kappa shape index (κ1) is 10.7. The molecule has 0 bridgehead atoms. The Morgan fingerprint density at radius 1 is 1.11 bits per heavy atom. The average Bonchev–Trinajstić information content (AvgIpc) is 2.35. The third kappa shape index (κ3) is 1.50. The highest BCUT2D eigenvalue weighted by Gasteiger charge is 2.26. The van der Waals surface area contributed by atoms with Crippen LogP contribution in [0.3, 0.4) is 0 Å². The zero-order valence-corrected chi connectivity index (χ0v) is 9.75. The van der Waals surface area contributed by atoms with E-state index in [4.69, 9.17) is 4.74 Å². The van der Waals surface area contributed by atoms with Crippen molar-refractivity contribution in [2.24, 2.45) is 0 Å². The van der Waals surface area contributed by atoms with Crippen molar-refractivity contribution in [1.82, 2.24) is 0 Å². The van der Waals surface area contributed by atoms with E-state index in [0.29, 0.717) is 22.9 Å². The second-order valence-electron chi connectivity index (χ2n) is 4.08. The number of anilines is 2. The average molecular weight is 241 g/mol. The number of amides is 1. The minimum Gasteiger partial charge on any atom is -0.508 e. The summed E-state index contributed by atoms with van der Waals surface area (Å²) in [5, 5.41) is 9.48. The zero-order chi connectivity index (χ0) is 12.7. The summed E-state index contributed by atoms with van der Waals surface area (Å²) in [5.74, 6) is 1.09. The Morgan fingerprint density at radius 3 is 2.61 bits per heavy atom. The molecule has 0 aliphatic carbocycles. The molecule has 2 aromatic rings. The van der Waals surface area contributed by atoms with E-state index in [0.717, 1.165) is 0 Å². The maximum Gasteiger partial charge on any atom is 0.228 e. The fourth-order valence-corrected chi connectivity index (χ4v) is 2.08. The van der Waals surface area contributed by atoms with E-state index in [1.807, 2.05) is 18.2 Å². The Balaban J connectivity index is 2.23. The van der Waals surface area contributed by atoms with E-state index in [9.17, 15) is 9.90 Å². The van der Waals surface area contributed by atoms with Crippen molar-refractivity contribution in [1.29, 1.82) is 0 Å². The van der Waals surface area contributed by atoms with E-state index < -0.39 is 0 Å². The highest BCUT2D eigenvalue weighted by atomic mass is 16.5. The van der Waals surface area contributed by atoms with Crippen LogP contribution in [0, 0.1) is 0 Å². The number of carbonyl (C=O) groups excluding carboxylic acids is 1. The van der Waals surface area contributed by atoms with Gasteiger partial charge in [-0.3, -0.25) is 9.69 Å². The molecule has 90 valence electrons. The van der Waals surface area contributed by atoms with Crippen LogP contribution in [0.15, 0.2) is 42.5 Å². The molecule has 1 N–H and O–H groups in total. The Hall–Kier alpha value is -2.49. The highest BCUT2D eigenvalue weighted by Crippen LogP contribution is 2.47. The number of benzene rings is 2. The van der Waals surface area contributed by atoms with Crippen LogP contribution in [0.25, 0.3) is 0 Å². The predicted molar refractivity (Wildman–Crippen MR) is 67.4 cm³/mol. The van der Waals surface area contributed by atoms with Crippen LogP contribution >= 0.6 is 0 Å². The highest BCUT2D eigenvalue weighted by molar-refractivity contribution is 6.03. The summed E-state index contributed by atoms with van der Waals surface area (Å²) in [5.41, 5.74) is 1.35. The summed E-state index contributed by atoms with van der Waals surface area (Å²) >= 11 is 0. The Bertz CT molecular complexity index is 637. The van der Waals surface area contributed by atoms with Gasteiger partial charge in [0.1, 0.15) is 5.75 Å². The molecule has 0 saturated carbocycles. The molecule has 0 radical (unpaired) electrons. The largest absolute Gasteiger partial charge is 0.508 e. The second-order valence-corrected chi connectivity index (χ2v) is 4.08. The number of phenols is 1. The van der Waals surface area contributed by atoms with Crippen LogP contribution in [-0.4, -0.2) is 11.0 Å². The quantitative estimate of drug-likeness (QED) is 0.770. The lowest BCUT2D eigenvalue weighted by atomic mass is 10.1. The van der Waals surface area contributed by atoms with Crippen molar-refractivity contribution in [2.75, 3.05) is 4.90 Å². The Labute approximate surface area is 104 Å². The number of rotatable bonds is 0. The first-order valence-corrected chi connectivity index (χ1v) is 5.57. The molecule has 4 heteroatoms. The molecular formula is C14H11NO3. The SMILES string of the molecule is CC(=O)N1c2ccccc2Oc2cc(O)ccc21. The van der Waals surface area contributed by atoms with Crippen LogP contribution in [0.4, 0.5) is 11.4 Å². The topological polar surface area (TPSA) is 49.8 Å². The van der Waals surface area contributed by atoms with Gasteiger partial charge in [0, 0.05) is 13.0 Å². The van der Waals surface area contributed by atoms with Gasteiger partial charge >= 0.3 is 0 Å². The lowest BCUT2D eigenvalue weighted by Gasteiger charge is -2.30. The minimum atomic E-state index is -0.0994. The molecular weight excluding hydrogens is 230 g/mol. The number of hydrogen-bond donors (Lipinski definition) is 1. The van der Waals surface area contributed by atoms with Crippen LogP contribution in [0.1, 0.15) is 6.92 Å². The van der Waals surface area contributed by atoms with Crippen LogP contribution in [0.2, 0.25) is 0 Å². The van der Waals surface area contributed by atoms with Crippen LogP contribution < -0.4 is 9.64 Å². The van der Waals surface area contributed by atoms with E-state index >= 15 is 0 Å². The molecule has 0 spiro atoms. The van der Waals surface area contributed by atoms with Crippen molar-refractivity contribution >= 4 is 17.3 Å². The van der Waals surface area contributed by atoms with Crippen LogP contribution in [0.5, 0.6) is 17.2 Å². The summed E-state index contributed by atoms with van der Waals surface area (Å²) in [6.45, 7) is 1.50. The van der Waals surface area contributed by atoms with E-state index in [1.54, 1.807) is 17.0 Å². The maximum absolute atomic E-state index is 11.8. The third-order valence-corrected chi connectivity index (χ3v) is 2.83. The minimum absolute atomic E-state index is 0.0994. The van der Waals surface area contributed by atoms with Gasteiger partial charge in [-0.25, -0.2) is 0 Å². The lowest BCUT2D eigenvalue weighted by Crippen LogP contribution is -2.25. The zero-order valence-electron chi connectivity index (χ0n) is 9.75. The number of hydrogen-bond acceptors (Lipinski definition) is 3. The van der Waals surface area contributed by atoms with Gasteiger partial charge in [0.15, 0.2) is 11.5 Å². The number of carbonyl (C=O) groups is 1. The molecule has 2 aromatic carbocycles. The van der Waals surface area contributed by atoms with Crippen LogP contribution in [-0.2, 0) is 4.79 Å². The number of nitrogens with zero attached hydrogens (tertiary/aromatic N) is 1. The molecule has 0 atom stereocenters. The molecule has 0 fully saturated rings. The summed E-state index contributed by atoms with van der Waals surface area (Å²) in [7, 11) is 0. The predicted octanol–water partition coefficient (Wildman–Crippen LogP) is 3.18. The number of fused-ring (bicyclic) bond motifs is 2. The fourth-order valence-electron chi connectivity index (χ4n) is 2.08. The van der Waals surface area contributed by atoms with Crippen molar-refractivity contribution in [3.05, 3.63) is 42.5 Å². The molecule has 3 rings (SSSR count). The molecule has 1 aliphatic rings. The monoisotopic (exact) mass is 241 g/mol. The van der Waals surface area contributed by atoms with E-state index in [-0.39, 0.29) is 11.7 Å². The molecule has 0 unspecified atom stereocenters. The summed E-state index contributed by atoms with van der Waals surface area (Å²) in [6.07, 6.45) is 0. The van der Waals surface area contributed by atoms with Gasteiger partial charge in [0.25, 0.3) is 0 Å². The Morgan fingerprint density at radius 2 is 1.83 bits per heavy atom. The van der Waals surface area contributed by atoms with Gasteiger partial charge in [-0.05, 0) is 24.3 Å². The molecule has 4 nitrogen and oxygen atoms in total. The molecule has 18 heavy (non-hydrogen) atoms. The maximum atomic E-state index is 11.8. The first-order chi connectivity index (χ1) is 8.66. The van der Waals surface area contributed by atoms with E-state index in [1.165, 1.54) is 19.1 Å². The number of aromatic hydroxyl groups is 1. The van der Waals surface area contributed by atoms with Gasteiger partial charge in [-0.1, -0.05) is 12.1 Å². The smallest absolute Gasteiger partial charge is 0.228 e. The second kappa shape index (κ2) is 3.77. The number of ether oxygens (including phenoxy) is 1. The number of phenolic OH excluding ortho intramolecular Hbond substituents is 1. The van der Waals surface area contributed by atoms with Crippen molar-refractivity contribution in [3.63, 3.8) is 0 Å². The van der Waals surface area contributed by atoms with Crippen molar-refractivity contribution in [3.8, 4) is 17.2 Å². The summed E-state index contributed by atoms with van der Waals surface area (Å²) in [4.78, 5) is 13.4. The standard InChI is InChI=1S/C14H11NO3/c1-9(16)15-11-4-2-3-5-13(11)18-14-8-10(17)6-7-12(14)15/h2-8,17H,1H3. The lowest BCUT2D eigenvalue weighted by molar-refractivity contribution is -0.115. The molecule has 0 saturated heterocycles. The normalized spacial score (nSPS) is 12.4. The van der Waals surface area contributed by atoms with E-state index in [2.05, 4.69) is 0 Å². The first-order valence-electron chi connectivity index (χ1n) is 5.57. The van der Waals surface area contributed by atoms with Gasteiger partial charge < -0.3 is 9.84 Å². The molecule has 1 aliphatic heterocycles. The van der Waals surface area contributed by atoms with Gasteiger partial charge in [0.2, 0.25) is 5.91 Å². The molecule has 1 amide bonds. The van der Waals surface area contributed by atoms with Gasteiger partial charge in [0.05, 0.1) is 11.4 Å². The fraction of sp³-hybridized carbons (Fsp3) is 0.0714. The van der Waals surface area contributed by atoms with Crippen molar-refractivity contribution in [2.45, 2.75) is 6.92 Å². The number of para-hydroxylation sites is 2. The Kier molecular flexibility index (Phi) is 2.23. The third-order valence-electron chi connectivity index (χ3n) is 2.83.